The highest BCUT2D eigenvalue weighted by Gasteiger charge is 2.00. The highest BCUT2D eigenvalue weighted by Crippen LogP contribution is 2.15. The molecule has 130 valence electrons. The van der Waals surface area contributed by atoms with Crippen LogP contribution in [0.1, 0.15) is 11.1 Å². The number of nitrogens with one attached hydrogen (secondary N) is 2. The van der Waals surface area contributed by atoms with Crippen LogP contribution in [-0.2, 0) is 6.42 Å². The number of hydrogen-bond donors (Lipinski definition) is 2. The number of aliphatic imine (C=N–C) groups is 1. The van der Waals surface area contributed by atoms with Crippen LogP contribution in [-0.4, -0.2) is 36.8 Å². The van der Waals surface area contributed by atoms with Crippen LogP contribution in [0.15, 0.2) is 58.7 Å². The molecule has 0 atom stereocenters. The lowest BCUT2D eigenvalue weighted by atomic mass is 10.1. The van der Waals surface area contributed by atoms with E-state index in [1.165, 1.54) is 16.0 Å². The second-order valence-corrected chi connectivity index (χ2v) is 6.31. The standard InChI is InChI=1S/C18H24N4S.HI/c1-15-14-20-10-8-16(15)9-11-21-18(19-2)22-12-13-23-17-6-4-3-5-7-17;/h3-8,10,14H,9,11-13H2,1-2H3,(H2,19,21,22);1H. The number of nitrogens with zero attached hydrogens (tertiary/aromatic N) is 2. The van der Waals surface area contributed by atoms with Gasteiger partial charge in [0.25, 0.3) is 0 Å². The maximum Gasteiger partial charge on any atom is 0.191 e. The Hall–Kier alpha value is -1.28. The SMILES string of the molecule is CN=C(NCCSc1ccccc1)NCCc1ccncc1C.I. The number of hydrogen-bond acceptors (Lipinski definition) is 3. The van der Waals surface area contributed by atoms with E-state index in [0.29, 0.717) is 0 Å². The smallest absolute Gasteiger partial charge is 0.191 e. The molecule has 0 radical (unpaired) electrons. The first-order chi connectivity index (χ1) is 11.3. The Morgan fingerprint density at radius 1 is 1.12 bits per heavy atom. The first-order valence-corrected chi connectivity index (χ1v) is 8.80. The lowest BCUT2D eigenvalue weighted by molar-refractivity contribution is 0.808. The first-order valence-electron chi connectivity index (χ1n) is 7.81. The van der Waals surface area contributed by atoms with Crippen molar-refractivity contribution in [2.24, 2.45) is 4.99 Å². The van der Waals surface area contributed by atoms with Crippen molar-refractivity contribution in [2.75, 3.05) is 25.9 Å². The van der Waals surface area contributed by atoms with E-state index in [1.54, 1.807) is 7.05 Å². The fourth-order valence-electron chi connectivity index (χ4n) is 2.17. The van der Waals surface area contributed by atoms with E-state index in [4.69, 9.17) is 0 Å². The fraction of sp³-hybridized carbons (Fsp3) is 0.333. The number of aryl methyl sites for hydroxylation is 1. The summed E-state index contributed by atoms with van der Waals surface area (Å²) in [5.41, 5.74) is 2.55. The average Bonchev–Trinajstić information content (AvgIpc) is 2.59. The summed E-state index contributed by atoms with van der Waals surface area (Å²) in [5.74, 6) is 1.86. The van der Waals surface area contributed by atoms with Gasteiger partial charge in [0.2, 0.25) is 0 Å². The Morgan fingerprint density at radius 3 is 2.58 bits per heavy atom. The molecule has 1 aromatic heterocycles. The van der Waals surface area contributed by atoms with Gasteiger partial charge in [-0.15, -0.1) is 35.7 Å². The molecule has 2 aromatic rings. The molecule has 2 N–H and O–H groups in total. The molecule has 1 aromatic carbocycles. The van der Waals surface area contributed by atoms with Gasteiger partial charge in [0, 0.05) is 43.2 Å². The molecule has 0 spiro atoms. The van der Waals surface area contributed by atoms with E-state index in [2.05, 4.69) is 57.9 Å². The number of thioether (sulfide) groups is 1. The predicted molar refractivity (Wildman–Crippen MR) is 115 cm³/mol. The van der Waals surface area contributed by atoms with E-state index in [0.717, 1.165) is 31.2 Å². The molecule has 4 nitrogen and oxygen atoms in total. The van der Waals surface area contributed by atoms with Crippen molar-refractivity contribution in [1.82, 2.24) is 15.6 Å². The maximum atomic E-state index is 4.26. The van der Waals surface area contributed by atoms with E-state index >= 15 is 0 Å². The van der Waals surface area contributed by atoms with Crippen LogP contribution in [0, 0.1) is 6.92 Å². The van der Waals surface area contributed by atoms with Crippen LogP contribution in [0.4, 0.5) is 0 Å². The Kier molecular flexibility index (Phi) is 10.5. The Bertz CT molecular complexity index is 619. The molecule has 2 rings (SSSR count). The minimum absolute atomic E-state index is 0. The molecule has 0 bridgehead atoms. The number of halogens is 1. The third-order valence-electron chi connectivity index (χ3n) is 3.45. The normalized spacial score (nSPS) is 10.8. The van der Waals surface area contributed by atoms with Crippen molar-refractivity contribution in [3.05, 3.63) is 59.9 Å². The van der Waals surface area contributed by atoms with Crippen molar-refractivity contribution >= 4 is 41.7 Å². The average molecular weight is 456 g/mol. The highest BCUT2D eigenvalue weighted by molar-refractivity contribution is 14.0. The molecular formula is C18H25IN4S. The van der Waals surface area contributed by atoms with Gasteiger partial charge in [0.1, 0.15) is 0 Å². The van der Waals surface area contributed by atoms with Gasteiger partial charge >= 0.3 is 0 Å². The number of benzene rings is 1. The van der Waals surface area contributed by atoms with E-state index in [-0.39, 0.29) is 24.0 Å². The van der Waals surface area contributed by atoms with Crippen LogP contribution in [0.5, 0.6) is 0 Å². The minimum Gasteiger partial charge on any atom is -0.356 e. The molecule has 0 saturated heterocycles. The molecule has 24 heavy (non-hydrogen) atoms. The first kappa shape index (κ1) is 20.8. The second kappa shape index (κ2) is 12.1. The Labute approximate surface area is 166 Å². The molecule has 6 heteroatoms. The molecule has 0 amide bonds. The molecule has 0 aliphatic heterocycles. The van der Waals surface area contributed by atoms with Gasteiger partial charge in [-0.3, -0.25) is 9.98 Å². The van der Waals surface area contributed by atoms with Gasteiger partial charge in [-0.2, -0.15) is 0 Å². The van der Waals surface area contributed by atoms with Crippen molar-refractivity contribution < 1.29 is 0 Å². The second-order valence-electron chi connectivity index (χ2n) is 5.14. The molecule has 0 unspecified atom stereocenters. The topological polar surface area (TPSA) is 49.3 Å². The third-order valence-corrected chi connectivity index (χ3v) is 4.47. The van der Waals surface area contributed by atoms with Crippen LogP contribution in [0.25, 0.3) is 0 Å². The lowest BCUT2D eigenvalue weighted by Crippen LogP contribution is -2.39. The van der Waals surface area contributed by atoms with Crippen molar-refractivity contribution in [1.29, 1.82) is 0 Å². The quantitative estimate of drug-likeness (QED) is 0.220. The summed E-state index contributed by atoms with van der Waals surface area (Å²) in [6.45, 7) is 3.83. The summed E-state index contributed by atoms with van der Waals surface area (Å²) < 4.78 is 0. The number of pyridine rings is 1. The largest absolute Gasteiger partial charge is 0.356 e. The Morgan fingerprint density at radius 2 is 1.88 bits per heavy atom. The van der Waals surface area contributed by atoms with Gasteiger partial charge < -0.3 is 10.6 Å². The van der Waals surface area contributed by atoms with Gasteiger partial charge in [0.05, 0.1) is 0 Å². The fourth-order valence-corrected chi connectivity index (χ4v) is 2.96. The number of rotatable bonds is 7. The number of guanidine groups is 1. The van der Waals surface area contributed by atoms with Crippen LogP contribution in [0.2, 0.25) is 0 Å². The van der Waals surface area contributed by atoms with Crippen molar-refractivity contribution in [3.63, 3.8) is 0 Å². The summed E-state index contributed by atoms with van der Waals surface area (Å²) in [5, 5.41) is 6.70. The monoisotopic (exact) mass is 456 g/mol. The predicted octanol–water partition coefficient (Wildman–Crippen LogP) is 3.51. The van der Waals surface area contributed by atoms with Gasteiger partial charge in [-0.1, -0.05) is 18.2 Å². The minimum atomic E-state index is 0. The summed E-state index contributed by atoms with van der Waals surface area (Å²) >= 11 is 1.84. The van der Waals surface area contributed by atoms with Crippen molar-refractivity contribution in [2.45, 2.75) is 18.2 Å². The maximum absolute atomic E-state index is 4.26. The molecule has 0 fully saturated rings. The molecule has 0 aliphatic rings. The molecule has 1 heterocycles. The van der Waals surface area contributed by atoms with Crippen molar-refractivity contribution in [3.8, 4) is 0 Å². The third kappa shape index (κ3) is 7.53. The molecule has 0 saturated carbocycles. The zero-order chi connectivity index (χ0) is 16.3. The zero-order valence-corrected chi connectivity index (χ0v) is 17.3. The summed E-state index contributed by atoms with van der Waals surface area (Å²) in [7, 11) is 1.80. The summed E-state index contributed by atoms with van der Waals surface area (Å²) in [6, 6.07) is 12.5. The van der Waals surface area contributed by atoms with E-state index < -0.39 is 0 Å². The Balaban J connectivity index is 0.00000288. The van der Waals surface area contributed by atoms with Crippen LogP contribution in [0.3, 0.4) is 0 Å². The van der Waals surface area contributed by atoms with Crippen LogP contribution >= 0.6 is 35.7 Å². The van der Waals surface area contributed by atoms with Gasteiger partial charge in [-0.05, 0) is 42.7 Å². The van der Waals surface area contributed by atoms with Gasteiger partial charge in [0.15, 0.2) is 5.96 Å². The summed E-state index contributed by atoms with van der Waals surface area (Å²) in [6.07, 6.45) is 4.72. The zero-order valence-electron chi connectivity index (χ0n) is 14.2. The number of aromatic nitrogens is 1. The van der Waals surface area contributed by atoms with Gasteiger partial charge in [-0.25, -0.2) is 0 Å². The summed E-state index contributed by atoms with van der Waals surface area (Å²) in [4.78, 5) is 9.68. The highest BCUT2D eigenvalue weighted by atomic mass is 127. The molecule has 0 aliphatic carbocycles. The molecular weight excluding hydrogens is 431 g/mol. The lowest BCUT2D eigenvalue weighted by Gasteiger charge is -2.12. The van der Waals surface area contributed by atoms with E-state index in [1.807, 2.05) is 30.2 Å². The van der Waals surface area contributed by atoms with E-state index in [9.17, 15) is 0 Å². The van der Waals surface area contributed by atoms with Crippen LogP contribution < -0.4 is 10.6 Å².